The maximum absolute atomic E-state index is 12.6. The Bertz CT molecular complexity index is 425. The molecule has 1 rings (SSSR count). The third-order valence-electron chi connectivity index (χ3n) is 2.13. The summed E-state index contributed by atoms with van der Waals surface area (Å²) in [6.45, 7) is 7.61. The van der Waals surface area contributed by atoms with E-state index in [0.29, 0.717) is 6.61 Å². The number of aromatic nitrogens is 1. The molecule has 0 saturated carbocycles. The van der Waals surface area contributed by atoms with E-state index in [1.54, 1.807) is 0 Å². The number of pyridine rings is 1. The molecular weight excluding hydrogens is 259 g/mol. The molecule has 0 N–H and O–H groups in total. The van der Waals surface area contributed by atoms with Crippen LogP contribution in [0.2, 0.25) is 0 Å². The second kappa shape index (κ2) is 5.77. The van der Waals surface area contributed by atoms with Crippen molar-refractivity contribution in [1.82, 2.24) is 4.98 Å². The van der Waals surface area contributed by atoms with Crippen LogP contribution in [0, 0.1) is 6.92 Å². The Morgan fingerprint density at radius 3 is 2.26 bits per heavy atom. The molecule has 108 valence electrons. The van der Waals surface area contributed by atoms with Crippen LogP contribution in [0.25, 0.3) is 0 Å². The summed E-state index contributed by atoms with van der Waals surface area (Å²) >= 11 is 0. The van der Waals surface area contributed by atoms with Crippen molar-refractivity contribution in [3.63, 3.8) is 0 Å². The van der Waals surface area contributed by atoms with Gasteiger partial charge in [-0.1, -0.05) is 0 Å². The van der Waals surface area contributed by atoms with Gasteiger partial charge in [0, 0.05) is 11.8 Å². The average molecular weight is 277 g/mol. The zero-order chi connectivity index (χ0) is 14.7. The third kappa shape index (κ3) is 5.92. The third-order valence-corrected chi connectivity index (χ3v) is 2.13. The summed E-state index contributed by atoms with van der Waals surface area (Å²) in [5, 5.41) is 0. The van der Waals surface area contributed by atoms with Crippen molar-refractivity contribution in [2.45, 2.75) is 39.5 Å². The summed E-state index contributed by atoms with van der Waals surface area (Å²) in [5.41, 5.74) is -0.797. The van der Waals surface area contributed by atoms with Gasteiger partial charge in [-0.25, -0.2) is 4.98 Å². The van der Waals surface area contributed by atoms with Gasteiger partial charge in [0.1, 0.15) is 6.61 Å². The second-order valence-corrected chi connectivity index (χ2v) is 5.14. The van der Waals surface area contributed by atoms with E-state index in [-0.39, 0.29) is 23.8 Å². The Labute approximate surface area is 110 Å². The number of hydrogen-bond donors (Lipinski definition) is 0. The fourth-order valence-corrected chi connectivity index (χ4v) is 1.37. The van der Waals surface area contributed by atoms with Gasteiger partial charge >= 0.3 is 6.18 Å². The lowest BCUT2D eigenvalue weighted by molar-refractivity contribution is -0.137. The van der Waals surface area contributed by atoms with Gasteiger partial charge in [0.2, 0.25) is 5.88 Å². The molecule has 0 unspecified atom stereocenters. The van der Waals surface area contributed by atoms with Crippen LogP contribution in [-0.2, 0) is 10.9 Å². The van der Waals surface area contributed by atoms with Crippen LogP contribution < -0.4 is 4.74 Å². The van der Waals surface area contributed by atoms with E-state index in [0.717, 1.165) is 12.1 Å². The first-order chi connectivity index (χ1) is 8.58. The number of ether oxygens (including phenoxy) is 2. The van der Waals surface area contributed by atoms with Crippen LogP contribution in [0.3, 0.4) is 0 Å². The van der Waals surface area contributed by atoms with Gasteiger partial charge in [0.25, 0.3) is 0 Å². The normalized spacial score (nSPS) is 12.6. The average Bonchev–Trinajstić information content (AvgIpc) is 2.21. The van der Waals surface area contributed by atoms with Crippen LogP contribution >= 0.6 is 0 Å². The van der Waals surface area contributed by atoms with Crippen molar-refractivity contribution in [3.8, 4) is 5.88 Å². The Morgan fingerprint density at radius 1 is 1.11 bits per heavy atom. The van der Waals surface area contributed by atoms with E-state index in [9.17, 15) is 13.2 Å². The number of rotatable bonds is 4. The van der Waals surface area contributed by atoms with Gasteiger partial charge in [-0.3, -0.25) is 0 Å². The Balaban J connectivity index is 2.62. The lowest BCUT2D eigenvalue weighted by Crippen LogP contribution is -2.22. The van der Waals surface area contributed by atoms with E-state index >= 15 is 0 Å². The standard InChI is InChI=1S/C13H18F3NO2/c1-9-7-10(13(14,15)16)8-11(17-9)18-5-6-19-12(2,3)4/h7-8H,5-6H2,1-4H3. The summed E-state index contributed by atoms with van der Waals surface area (Å²) in [5.74, 6) is -0.0372. The quantitative estimate of drug-likeness (QED) is 0.788. The van der Waals surface area contributed by atoms with Gasteiger partial charge in [-0.05, 0) is 33.8 Å². The molecule has 0 amide bonds. The molecular formula is C13H18F3NO2. The minimum absolute atomic E-state index is 0.0372. The van der Waals surface area contributed by atoms with E-state index in [1.165, 1.54) is 6.92 Å². The molecule has 0 saturated heterocycles. The molecule has 0 aliphatic carbocycles. The monoisotopic (exact) mass is 277 g/mol. The molecule has 19 heavy (non-hydrogen) atoms. The molecule has 0 aliphatic rings. The molecule has 3 nitrogen and oxygen atoms in total. The first-order valence-electron chi connectivity index (χ1n) is 5.90. The largest absolute Gasteiger partial charge is 0.475 e. The molecule has 0 spiro atoms. The van der Waals surface area contributed by atoms with Crippen LogP contribution in [0.5, 0.6) is 5.88 Å². The molecule has 0 aliphatic heterocycles. The summed E-state index contributed by atoms with van der Waals surface area (Å²) in [4.78, 5) is 3.90. The van der Waals surface area contributed by atoms with Crippen LogP contribution in [0.15, 0.2) is 12.1 Å². The summed E-state index contributed by atoms with van der Waals surface area (Å²) < 4.78 is 48.3. The highest BCUT2D eigenvalue weighted by Gasteiger charge is 2.31. The number of hydrogen-bond acceptors (Lipinski definition) is 3. The van der Waals surface area contributed by atoms with Crippen molar-refractivity contribution < 1.29 is 22.6 Å². The maximum atomic E-state index is 12.6. The molecule has 0 fully saturated rings. The zero-order valence-corrected chi connectivity index (χ0v) is 11.5. The fourth-order valence-electron chi connectivity index (χ4n) is 1.37. The van der Waals surface area contributed by atoms with Crippen molar-refractivity contribution in [1.29, 1.82) is 0 Å². The number of aryl methyl sites for hydroxylation is 1. The Morgan fingerprint density at radius 2 is 1.74 bits per heavy atom. The molecule has 6 heteroatoms. The highest BCUT2D eigenvalue weighted by atomic mass is 19.4. The lowest BCUT2D eigenvalue weighted by Gasteiger charge is -2.19. The topological polar surface area (TPSA) is 31.4 Å². The Hall–Kier alpha value is -1.30. The molecule has 0 bridgehead atoms. The Kier molecular flexibility index (Phi) is 4.79. The summed E-state index contributed by atoms with van der Waals surface area (Å²) in [7, 11) is 0. The van der Waals surface area contributed by atoms with Crippen molar-refractivity contribution in [2.24, 2.45) is 0 Å². The van der Waals surface area contributed by atoms with Crippen LogP contribution in [0.4, 0.5) is 13.2 Å². The highest BCUT2D eigenvalue weighted by molar-refractivity contribution is 5.26. The summed E-state index contributed by atoms with van der Waals surface area (Å²) in [6, 6.07) is 1.88. The molecule has 1 aromatic heterocycles. The first-order valence-corrected chi connectivity index (χ1v) is 5.90. The van der Waals surface area contributed by atoms with Crippen LogP contribution in [0.1, 0.15) is 32.0 Å². The fraction of sp³-hybridized carbons (Fsp3) is 0.615. The SMILES string of the molecule is Cc1cc(C(F)(F)F)cc(OCCOC(C)(C)C)n1. The summed E-state index contributed by atoms with van der Waals surface area (Å²) in [6.07, 6.45) is -4.40. The van der Waals surface area contributed by atoms with Crippen molar-refractivity contribution in [3.05, 3.63) is 23.4 Å². The smallest absolute Gasteiger partial charge is 0.416 e. The molecule has 0 atom stereocenters. The van der Waals surface area contributed by atoms with E-state index in [1.807, 2.05) is 20.8 Å². The van der Waals surface area contributed by atoms with Gasteiger partial charge in [0.05, 0.1) is 17.8 Å². The van der Waals surface area contributed by atoms with E-state index in [2.05, 4.69) is 4.98 Å². The second-order valence-electron chi connectivity index (χ2n) is 5.14. The first kappa shape index (κ1) is 15.8. The minimum atomic E-state index is -4.40. The number of halogens is 3. The minimum Gasteiger partial charge on any atom is -0.475 e. The van der Waals surface area contributed by atoms with Crippen molar-refractivity contribution >= 4 is 0 Å². The molecule has 1 aromatic rings. The predicted octanol–water partition coefficient (Wildman–Crippen LogP) is 3.60. The van der Waals surface area contributed by atoms with E-state index in [4.69, 9.17) is 9.47 Å². The predicted molar refractivity (Wildman–Crippen MR) is 65.2 cm³/mol. The lowest BCUT2D eigenvalue weighted by atomic mass is 10.2. The van der Waals surface area contributed by atoms with Crippen LogP contribution in [-0.4, -0.2) is 23.8 Å². The van der Waals surface area contributed by atoms with Gasteiger partial charge in [0.15, 0.2) is 0 Å². The number of nitrogens with zero attached hydrogens (tertiary/aromatic N) is 1. The van der Waals surface area contributed by atoms with Crippen molar-refractivity contribution in [2.75, 3.05) is 13.2 Å². The van der Waals surface area contributed by atoms with E-state index < -0.39 is 11.7 Å². The highest BCUT2D eigenvalue weighted by Crippen LogP contribution is 2.31. The molecule has 0 radical (unpaired) electrons. The molecule has 1 heterocycles. The van der Waals surface area contributed by atoms with Gasteiger partial charge < -0.3 is 9.47 Å². The number of alkyl halides is 3. The van der Waals surface area contributed by atoms with Gasteiger partial charge in [-0.2, -0.15) is 13.2 Å². The maximum Gasteiger partial charge on any atom is 0.416 e. The zero-order valence-electron chi connectivity index (χ0n) is 11.5. The van der Waals surface area contributed by atoms with Gasteiger partial charge in [-0.15, -0.1) is 0 Å². The molecule has 0 aromatic carbocycles.